The summed E-state index contributed by atoms with van der Waals surface area (Å²) in [5, 5.41) is 10.1. The van der Waals surface area contributed by atoms with Crippen molar-refractivity contribution in [3.63, 3.8) is 0 Å². The van der Waals surface area contributed by atoms with Gasteiger partial charge in [0.15, 0.2) is 11.5 Å². The minimum Gasteiger partial charge on any atom is -0.497 e. The zero-order chi connectivity index (χ0) is 34.2. The molecule has 4 aromatic rings. The van der Waals surface area contributed by atoms with Gasteiger partial charge < -0.3 is 34.9 Å². The van der Waals surface area contributed by atoms with Crippen LogP contribution in [0, 0.1) is 0 Å². The monoisotopic (exact) mass is 654 g/mol. The van der Waals surface area contributed by atoms with Crippen LogP contribution < -0.4 is 40.3 Å². The minimum absolute atomic E-state index is 0.0743. The van der Waals surface area contributed by atoms with Gasteiger partial charge in [-0.1, -0.05) is 12.5 Å². The van der Waals surface area contributed by atoms with E-state index in [1.165, 1.54) is 6.92 Å². The van der Waals surface area contributed by atoms with Crippen LogP contribution >= 0.6 is 0 Å². The Kier molecular flexibility index (Phi) is 11.0. The van der Waals surface area contributed by atoms with Crippen molar-refractivity contribution in [1.29, 1.82) is 0 Å². The normalized spacial score (nSPS) is 13.4. The zero-order valence-electron chi connectivity index (χ0n) is 28.0. The molecule has 11 heteroatoms. The molecule has 3 N–H and O–H groups in total. The Morgan fingerprint density at radius 2 is 1.71 bits per heavy atom. The zero-order valence-corrected chi connectivity index (χ0v) is 28.0. The molecule has 0 radical (unpaired) electrons. The van der Waals surface area contributed by atoms with Crippen LogP contribution in [0.4, 0.5) is 11.4 Å². The number of carbonyl (C=O) groups is 2. The number of unbranched alkanes of at least 4 members (excludes halogenated alkanes) is 2. The number of carbonyl (C=O) groups excluding carboxylic acids is 2. The van der Waals surface area contributed by atoms with E-state index in [0.29, 0.717) is 66.4 Å². The Bertz CT molecular complexity index is 1880. The molecule has 48 heavy (non-hydrogen) atoms. The number of ether oxygens (including phenoxy) is 4. The van der Waals surface area contributed by atoms with E-state index in [1.54, 1.807) is 46.8 Å². The second kappa shape index (κ2) is 15.5. The molecule has 0 aliphatic heterocycles. The van der Waals surface area contributed by atoms with Crippen LogP contribution in [0.5, 0.6) is 23.0 Å². The van der Waals surface area contributed by atoms with Gasteiger partial charge in [-0.15, -0.1) is 0 Å². The summed E-state index contributed by atoms with van der Waals surface area (Å²) >= 11 is 0. The Balaban J connectivity index is 1.25. The quantitative estimate of drug-likeness (QED) is 0.148. The van der Waals surface area contributed by atoms with Crippen LogP contribution in [-0.2, 0) is 16.0 Å². The van der Waals surface area contributed by atoms with Crippen LogP contribution in [0.15, 0.2) is 59.5 Å². The number of rotatable bonds is 13. The van der Waals surface area contributed by atoms with Crippen LogP contribution in [0.3, 0.4) is 0 Å². The van der Waals surface area contributed by atoms with Gasteiger partial charge in [-0.25, -0.2) is 0 Å². The maximum absolute atomic E-state index is 13.5. The lowest BCUT2D eigenvalue weighted by Crippen LogP contribution is -2.26. The molecular formula is C37H42N4O7. The van der Waals surface area contributed by atoms with Crippen molar-refractivity contribution in [2.24, 2.45) is 0 Å². The van der Waals surface area contributed by atoms with Crippen molar-refractivity contribution < 1.29 is 28.5 Å². The van der Waals surface area contributed by atoms with Gasteiger partial charge in [0.25, 0.3) is 0 Å². The molecule has 0 fully saturated rings. The van der Waals surface area contributed by atoms with Crippen molar-refractivity contribution >= 4 is 34.1 Å². The average molecular weight is 655 g/mol. The predicted octanol–water partition coefficient (Wildman–Crippen LogP) is 6.03. The van der Waals surface area contributed by atoms with Gasteiger partial charge in [-0.2, -0.15) is 0 Å². The van der Waals surface area contributed by atoms with Crippen LogP contribution in [-0.4, -0.2) is 51.8 Å². The van der Waals surface area contributed by atoms with E-state index in [2.05, 4.69) is 20.9 Å². The van der Waals surface area contributed by atoms with Crippen molar-refractivity contribution in [3.05, 3.63) is 76.1 Å². The Hall–Kier alpha value is -5.32. The van der Waals surface area contributed by atoms with Gasteiger partial charge in [-0.3, -0.25) is 19.4 Å². The third kappa shape index (κ3) is 7.62. The van der Waals surface area contributed by atoms with E-state index < -0.39 is 0 Å². The Labute approximate surface area is 280 Å². The number of aryl methyl sites for hydroxylation is 1. The van der Waals surface area contributed by atoms with Gasteiger partial charge in [0, 0.05) is 36.9 Å². The second-order valence-corrected chi connectivity index (χ2v) is 11.7. The third-order valence-electron chi connectivity index (χ3n) is 8.49. The number of nitrogens with zero attached hydrogens (tertiary/aromatic N) is 1. The predicted molar refractivity (Wildman–Crippen MR) is 187 cm³/mol. The summed E-state index contributed by atoms with van der Waals surface area (Å²) in [4.78, 5) is 42.7. The molecule has 0 saturated carbocycles. The second-order valence-electron chi connectivity index (χ2n) is 11.7. The number of hydrogen-bond acceptors (Lipinski definition) is 9. The maximum atomic E-state index is 13.5. The molecule has 0 spiro atoms. The molecule has 5 rings (SSSR count). The van der Waals surface area contributed by atoms with Crippen molar-refractivity contribution in [3.8, 4) is 34.1 Å². The van der Waals surface area contributed by atoms with E-state index >= 15 is 0 Å². The van der Waals surface area contributed by atoms with Gasteiger partial charge in [0.1, 0.15) is 5.75 Å². The largest absolute Gasteiger partial charge is 0.497 e. The number of benzene rings is 2. The average Bonchev–Trinajstić information content (AvgIpc) is 3.33. The molecule has 0 saturated heterocycles. The first kappa shape index (κ1) is 34.0. The highest BCUT2D eigenvalue weighted by Crippen LogP contribution is 2.50. The summed E-state index contributed by atoms with van der Waals surface area (Å²) in [6.07, 6.45) is 5.51. The van der Waals surface area contributed by atoms with Gasteiger partial charge in [-0.05, 0) is 78.8 Å². The molecule has 1 aliphatic carbocycles. The van der Waals surface area contributed by atoms with Gasteiger partial charge in [0.2, 0.25) is 23.0 Å². The van der Waals surface area contributed by atoms with Crippen molar-refractivity contribution in [2.45, 2.75) is 51.5 Å². The van der Waals surface area contributed by atoms with Gasteiger partial charge in [0.05, 0.1) is 57.6 Å². The molecular weight excluding hydrogens is 612 g/mol. The molecule has 1 heterocycles. The van der Waals surface area contributed by atoms with E-state index in [1.807, 2.05) is 36.4 Å². The molecule has 1 aromatic heterocycles. The Morgan fingerprint density at radius 3 is 2.44 bits per heavy atom. The fourth-order valence-corrected chi connectivity index (χ4v) is 6.18. The third-order valence-corrected chi connectivity index (χ3v) is 8.49. The molecule has 1 atom stereocenters. The minimum atomic E-state index is -0.375. The van der Waals surface area contributed by atoms with Crippen LogP contribution in [0.25, 0.3) is 22.0 Å². The first-order chi connectivity index (χ1) is 23.3. The van der Waals surface area contributed by atoms with Crippen LogP contribution in [0.1, 0.15) is 56.2 Å². The molecule has 11 nitrogen and oxygen atoms in total. The summed E-state index contributed by atoms with van der Waals surface area (Å²) in [6.45, 7) is 2.03. The summed E-state index contributed by atoms with van der Waals surface area (Å²) in [5.41, 5.74) is 4.96. The fourth-order valence-electron chi connectivity index (χ4n) is 6.18. The van der Waals surface area contributed by atoms with E-state index in [0.717, 1.165) is 46.2 Å². The number of methoxy groups -OCH3 is 4. The lowest BCUT2D eigenvalue weighted by Gasteiger charge is -2.19. The highest BCUT2D eigenvalue weighted by Gasteiger charge is 2.29. The lowest BCUT2D eigenvalue weighted by molar-refractivity contribution is -0.119. The number of aromatic nitrogens is 1. The van der Waals surface area contributed by atoms with Crippen LogP contribution in [0.2, 0.25) is 0 Å². The molecule has 1 unspecified atom stereocenters. The number of hydrogen-bond donors (Lipinski definition) is 3. The highest BCUT2D eigenvalue weighted by atomic mass is 16.5. The number of fused-ring (bicyclic) bond motifs is 4. The summed E-state index contributed by atoms with van der Waals surface area (Å²) in [7, 11) is 6.32. The highest BCUT2D eigenvalue weighted by molar-refractivity contribution is 5.93. The van der Waals surface area contributed by atoms with E-state index in [-0.39, 0.29) is 23.3 Å². The molecule has 252 valence electrons. The first-order valence-electron chi connectivity index (χ1n) is 16.0. The molecule has 2 amide bonds. The smallest absolute Gasteiger partial charge is 0.224 e. The van der Waals surface area contributed by atoms with Crippen molar-refractivity contribution in [1.82, 2.24) is 10.3 Å². The number of nitrogens with one attached hydrogen (secondary N) is 3. The summed E-state index contributed by atoms with van der Waals surface area (Å²) in [6, 6.07) is 14.3. The van der Waals surface area contributed by atoms with Gasteiger partial charge >= 0.3 is 0 Å². The number of amides is 2. The standard InChI is InChI=1S/C37H42N4O7/c1-22(42)40-29-14-11-24-18-33(46-3)36(47-4)37(48-5)35(24)27-13-15-30(32(43)20-28(27)29)38-16-8-6-7-9-34(44)41-25-17-23-10-12-26(45-2)19-31(23)39-21-25/h10,12-13,15,17-21,29H,6-9,11,14,16H2,1-5H3,(H,38,43)(H,40,42)(H,41,44). The summed E-state index contributed by atoms with van der Waals surface area (Å²) < 4.78 is 22.4. The molecule has 0 bridgehead atoms. The number of pyridine rings is 1. The topological polar surface area (TPSA) is 137 Å². The summed E-state index contributed by atoms with van der Waals surface area (Å²) in [5.74, 6) is 1.98. The number of anilines is 2. The van der Waals surface area contributed by atoms with Crippen molar-refractivity contribution in [2.75, 3.05) is 45.6 Å². The maximum Gasteiger partial charge on any atom is 0.224 e. The van der Waals surface area contributed by atoms with E-state index in [4.69, 9.17) is 18.9 Å². The first-order valence-corrected chi connectivity index (χ1v) is 16.0. The Morgan fingerprint density at radius 1 is 0.896 bits per heavy atom. The molecule has 1 aliphatic rings. The molecule has 3 aromatic carbocycles. The van der Waals surface area contributed by atoms with E-state index in [9.17, 15) is 14.4 Å². The SMILES string of the molecule is COc1ccc2cc(NC(=O)CCCCCNc3ccc4c(cc3=O)C(NC(C)=O)CCc3cc(OC)c(OC)c(OC)c3-4)cnc2c1. The lowest BCUT2D eigenvalue weighted by atomic mass is 9.95. The fraction of sp³-hybridized carbons (Fsp3) is 0.351.